The predicted molar refractivity (Wildman–Crippen MR) is 80.1 cm³/mol. The second-order valence-electron chi connectivity index (χ2n) is 6.70. The summed E-state index contributed by atoms with van der Waals surface area (Å²) in [5, 5.41) is 2.73. The molecule has 0 spiro atoms. The minimum Gasteiger partial charge on any atom is -0.444 e. The molecule has 0 aliphatic carbocycles. The van der Waals surface area contributed by atoms with Gasteiger partial charge >= 0.3 is 6.09 Å². The molecule has 0 aromatic rings. The van der Waals surface area contributed by atoms with Gasteiger partial charge in [0.15, 0.2) is 0 Å². The van der Waals surface area contributed by atoms with Crippen LogP contribution in [-0.2, 0) is 14.3 Å². The fraction of sp³-hybridized carbons (Fsp3) is 0.667. The smallest absolute Gasteiger partial charge is 0.410 e. The van der Waals surface area contributed by atoms with E-state index in [-0.39, 0.29) is 30.0 Å². The number of hydrogen-bond donors (Lipinski definition) is 1. The zero-order valence-electron chi connectivity index (χ0n) is 13.3. The fourth-order valence-electron chi connectivity index (χ4n) is 2.57. The summed E-state index contributed by atoms with van der Waals surface area (Å²) in [7, 11) is 0. The number of carbonyl (C=O) groups is 3. The van der Waals surface area contributed by atoms with Crippen molar-refractivity contribution in [3.05, 3.63) is 12.7 Å². The third kappa shape index (κ3) is 3.78. The van der Waals surface area contributed by atoms with Gasteiger partial charge in [-0.2, -0.15) is 0 Å². The molecular weight excluding hydrogens is 286 g/mol. The molecule has 0 saturated carbocycles. The monoisotopic (exact) mass is 309 g/mol. The van der Waals surface area contributed by atoms with Crippen molar-refractivity contribution in [1.82, 2.24) is 15.1 Å². The van der Waals surface area contributed by atoms with E-state index in [0.717, 1.165) is 0 Å². The Morgan fingerprint density at radius 3 is 2.50 bits per heavy atom. The van der Waals surface area contributed by atoms with Crippen molar-refractivity contribution in [3.63, 3.8) is 0 Å². The number of hydrogen-bond acceptors (Lipinski definition) is 4. The Morgan fingerprint density at radius 2 is 1.95 bits per heavy atom. The summed E-state index contributed by atoms with van der Waals surface area (Å²) in [5.41, 5.74) is -0.522. The van der Waals surface area contributed by atoms with E-state index in [4.69, 9.17) is 4.74 Å². The first kappa shape index (κ1) is 16.3. The molecule has 0 aromatic heterocycles. The first-order chi connectivity index (χ1) is 10.2. The Kier molecular flexibility index (Phi) is 4.44. The summed E-state index contributed by atoms with van der Waals surface area (Å²) in [4.78, 5) is 38.5. The first-order valence-electron chi connectivity index (χ1n) is 7.40. The van der Waals surface area contributed by atoms with Crippen LogP contribution in [0.2, 0.25) is 0 Å². The molecule has 0 bridgehead atoms. The van der Waals surface area contributed by atoms with Gasteiger partial charge in [-0.05, 0) is 26.8 Å². The van der Waals surface area contributed by atoms with Crippen molar-refractivity contribution in [2.45, 2.75) is 44.9 Å². The number of amides is 3. The van der Waals surface area contributed by atoms with E-state index in [1.807, 2.05) is 20.8 Å². The third-order valence-corrected chi connectivity index (χ3v) is 3.64. The van der Waals surface area contributed by atoms with Gasteiger partial charge < -0.3 is 19.9 Å². The SMILES string of the molecule is C=CC(=O)NC1CC(=O)N(C2CN(C(=O)OC(C)(C)C)C2)C1. The maximum Gasteiger partial charge on any atom is 0.410 e. The molecule has 2 saturated heterocycles. The standard InChI is InChI=1S/C15H23N3O4/c1-5-12(19)16-10-6-13(20)18(7-10)11-8-17(9-11)14(21)22-15(2,3)4/h5,10-11H,1,6-9H2,2-4H3,(H,16,19). The molecule has 7 heteroatoms. The molecule has 0 radical (unpaired) electrons. The Balaban J connectivity index is 1.81. The minimum atomic E-state index is -0.522. The molecule has 1 atom stereocenters. The largest absolute Gasteiger partial charge is 0.444 e. The van der Waals surface area contributed by atoms with E-state index in [9.17, 15) is 14.4 Å². The maximum atomic E-state index is 12.0. The Hall–Kier alpha value is -2.05. The number of carbonyl (C=O) groups excluding carboxylic acids is 3. The summed E-state index contributed by atoms with van der Waals surface area (Å²) >= 11 is 0. The van der Waals surface area contributed by atoms with Gasteiger partial charge in [-0.15, -0.1) is 0 Å². The van der Waals surface area contributed by atoms with Crippen LogP contribution in [0, 0.1) is 0 Å². The third-order valence-electron chi connectivity index (χ3n) is 3.64. The molecule has 2 aliphatic heterocycles. The van der Waals surface area contributed by atoms with Crippen LogP contribution >= 0.6 is 0 Å². The molecule has 7 nitrogen and oxygen atoms in total. The lowest BCUT2D eigenvalue weighted by Gasteiger charge is -2.44. The molecule has 2 aliphatic rings. The first-order valence-corrected chi connectivity index (χ1v) is 7.40. The molecule has 1 unspecified atom stereocenters. The lowest BCUT2D eigenvalue weighted by Crippen LogP contribution is -2.62. The number of nitrogens with zero attached hydrogens (tertiary/aromatic N) is 2. The van der Waals surface area contributed by atoms with Gasteiger partial charge in [-0.1, -0.05) is 6.58 Å². The van der Waals surface area contributed by atoms with Crippen LogP contribution in [0.25, 0.3) is 0 Å². The molecule has 2 fully saturated rings. The number of ether oxygens (including phenoxy) is 1. The van der Waals surface area contributed by atoms with Crippen molar-refractivity contribution in [3.8, 4) is 0 Å². The maximum absolute atomic E-state index is 12.0. The highest BCUT2D eigenvalue weighted by molar-refractivity contribution is 5.88. The van der Waals surface area contributed by atoms with Gasteiger partial charge in [-0.25, -0.2) is 4.79 Å². The van der Waals surface area contributed by atoms with Gasteiger partial charge in [0.1, 0.15) is 5.60 Å². The summed E-state index contributed by atoms with van der Waals surface area (Å²) < 4.78 is 5.28. The quantitative estimate of drug-likeness (QED) is 0.770. The van der Waals surface area contributed by atoms with E-state index in [1.165, 1.54) is 6.08 Å². The Labute approximate surface area is 130 Å². The Morgan fingerprint density at radius 1 is 1.32 bits per heavy atom. The lowest BCUT2D eigenvalue weighted by molar-refractivity contribution is -0.132. The number of rotatable bonds is 3. The van der Waals surface area contributed by atoms with Gasteiger partial charge in [0, 0.05) is 26.1 Å². The molecule has 2 heterocycles. The van der Waals surface area contributed by atoms with Gasteiger partial charge in [0.2, 0.25) is 11.8 Å². The molecule has 2 rings (SSSR count). The van der Waals surface area contributed by atoms with Crippen LogP contribution in [-0.4, -0.2) is 65.0 Å². The van der Waals surface area contributed by atoms with Crippen molar-refractivity contribution >= 4 is 17.9 Å². The van der Waals surface area contributed by atoms with E-state index >= 15 is 0 Å². The predicted octanol–water partition coefficient (Wildman–Crippen LogP) is 0.509. The molecule has 0 aromatic carbocycles. The van der Waals surface area contributed by atoms with E-state index in [0.29, 0.717) is 26.1 Å². The van der Waals surface area contributed by atoms with Crippen LogP contribution in [0.4, 0.5) is 4.79 Å². The highest BCUT2D eigenvalue weighted by Gasteiger charge is 2.42. The van der Waals surface area contributed by atoms with Crippen molar-refractivity contribution < 1.29 is 19.1 Å². The summed E-state index contributed by atoms with van der Waals surface area (Å²) in [6, 6.07) is -0.181. The molecule has 1 N–H and O–H groups in total. The average Bonchev–Trinajstić information content (AvgIpc) is 2.66. The Bertz CT molecular complexity index is 492. The van der Waals surface area contributed by atoms with Crippen LogP contribution in [0.3, 0.4) is 0 Å². The zero-order valence-corrected chi connectivity index (χ0v) is 13.3. The van der Waals surface area contributed by atoms with E-state index < -0.39 is 5.60 Å². The lowest BCUT2D eigenvalue weighted by atomic mass is 10.1. The fourth-order valence-corrected chi connectivity index (χ4v) is 2.57. The van der Waals surface area contributed by atoms with Gasteiger partial charge in [-0.3, -0.25) is 9.59 Å². The normalized spacial score (nSPS) is 22.3. The highest BCUT2D eigenvalue weighted by atomic mass is 16.6. The summed E-state index contributed by atoms with van der Waals surface area (Å²) in [6.07, 6.45) is 1.13. The minimum absolute atomic E-state index is 0.00296. The van der Waals surface area contributed by atoms with Crippen molar-refractivity contribution in [1.29, 1.82) is 0 Å². The number of nitrogens with one attached hydrogen (secondary N) is 1. The molecule has 122 valence electrons. The van der Waals surface area contributed by atoms with Crippen LogP contribution in [0.1, 0.15) is 27.2 Å². The molecule has 3 amide bonds. The summed E-state index contributed by atoms with van der Waals surface area (Å²) in [5.74, 6) is -0.271. The number of likely N-dealkylation sites (tertiary alicyclic amines) is 2. The van der Waals surface area contributed by atoms with Crippen LogP contribution in [0.5, 0.6) is 0 Å². The van der Waals surface area contributed by atoms with E-state index in [2.05, 4.69) is 11.9 Å². The van der Waals surface area contributed by atoms with E-state index in [1.54, 1.807) is 9.80 Å². The van der Waals surface area contributed by atoms with Crippen LogP contribution < -0.4 is 5.32 Å². The molecule has 22 heavy (non-hydrogen) atoms. The summed E-state index contributed by atoms with van der Waals surface area (Å²) in [6.45, 7) is 10.3. The molecular formula is C15H23N3O4. The highest BCUT2D eigenvalue weighted by Crippen LogP contribution is 2.23. The average molecular weight is 309 g/mol. The zero-order chi connectivity index (χ0) is 16.5. The van der Waals surface area contributed by atoms with Gasteiger partial charge in [0.05, 0.1) is 12.1 Å². The van der Waals surface area contributed by atoms with Crippen LogP contribution in [0.15, 0.2) is 12.7 Å². The topological polar surface area (TPSA) is 79.0 Å². The second kappa shape index (κ2) is 5.98. The second-order valence-corrected chi connectivity index (χ2v) is 6.70. The van der Waals surface area contributed by atoms with Crippen molar-refractivity contribution in [2.75, 3.05) is 19.6 Å². The van der Waals surface area contributed by atoms with Gasteiger partial charge in [0.25, 0.3) is 0 Å². The van der Waals surface area contributed by atoms with Crippen molar-refractivity contribution in [2.24, 2.45) is 0 Å².